The van der Waals surface area contributed by atoms with Crippen LogP contribution in [0.4, 0.5) is 4.79 Å². The molecule has 2 aliphatic rings. The zero-order valence-corrected chi connectivity index (χ0v) is 14.9. The molecule has 1 atom stereocenters. The maximum absolute atomic E-state index is 12.2. The molecule has 5 nitrogen and oxygen atoms in total. The number of carbonyl (C=O) groups excluding carboxylic acids is 1. The van der Waals surface area contributed by atoms with Crippen molar-refractivity contribution in [2.75, 3.05) is 13.1 Å². The van der Waals surface area contributed by atoms with E-state index in [9.17, 15) is 10.1 Å². The summed E-state index contributed by atoms with van der Waals surface area (Å²) in [4.78, 5) is 13.9. The van der Waals surface area contributed by atoms with Gasteiger partial charge in [-0.3, -0.25) is 0 Å². The summed E-state index contributed by atoms with van der Waals surface area (Å²) in [5.74, 6) is 0. The highest BCUT2D eigenvalue weighted by Crippen LogP contribution is 2.49. The first-order valence-electron chi connectivity index (χ1n) is 8.09. The first-order chi connectivity index (χ1) is 11.2. The van der Waals surface area contributed by atoms with Crippen molar-refractivity contribution < 1.29 is 14.3 Å². The summed E-state index contributed by atoms with van der Waals surface area (Å²) in [5.41, 5.74) is 0.805. The lowest BCUT2D eigenvalue weighted by Crippen LogP contribution is -2.46. The average molecular weight is 349 g/mol. The Morgan fingerprint density at radius 3 is 2.67 bits per heavy atom. The largest absolute Gasteiger partial charge is 0.444 e. The summed E-state index contributed by atoms with van der Waals surface area (Å²) in [6, 6.07) is 7.73. The normalized spacial score (nSPS) is 22.1. The molecule has 1 aromatic rings. The second kappa shape index (κ2) is 5.94. The number of ether oxygens (including phenoxy) is 2. The molecule has 0 bridgehead atoms. The minimum atomic E-state index is -0.578. The van der Waals surface area contributed by atoms with Gasteiger partial charge in [0.15, 0.2) is 6.10 Å². The zero-order chi connectivity index (χ0) is 17.5. The van der Waals surface area contributed by atoms with Gasteiger partial charge in [-0.2, -0.15) is 5.26 Å². The maximum Gasteiger partial charge on any atom is 0.410 e. The van der Waals surface area contributed by atoms with Gasteiger partial charge in [-0.1, -0.05) is 17.7 Å². The molecule has 24 heavy (non-hydrogen) atoms. The van der Waals surface area contributed by atoms with Gasteiger partial charge in [0.25, 0.3) is 0 Å². The Bertz CT molecular complexity index is 697. The van der Waals surface area contributed by atoms with Gasteiger partial charge in [-0.05, 0) is 51.3 Å². The molecular formula is C18H21ClN2O3. The summed E-state index contributed by atoms with van der Waals surface area (Å²) in [7, 11) is 0. The molecule has 1 spiro atoms. The van der Waals surface area contributed by atoms with Crippen molar-refractivity contribution in [3.63, 3.8) is 0 Å². The molecule has 0 N–H and O–H groups in total. The standard InChI is InChI=1S/C18H21ClN2O3/c1-17(2,3)24-16(22)21-8-6-18(7-9-21)14-10-12(19)4-5-13(14)15(11-20)23-18/h4-5,10,15H,6-9H2,1-3H3. The monoisotopic (exact) mass is 348 g/mol. The number of nitrogens with zero attached hydrogens (tertiary/aromatic N) is 2. The number of hydrogen-bond acceptors (Lipinski definition) is 4. The lowest BCUT2D eigenvalue weighted by Gasteiger charge is -2.39. The summed E-state index contributed by atoms with van der Waals surface area (Å²) < 4.78 is 11.5. The quantitative estimate of drug-likeness (QED) is 0.706. The number of carbonyl (C=O) groups is 1. The van der Waals surface area contributed by atoms with Crippen LogP contribution in [0.15, 0.2) is 18.2 Å². The summed E-state index contributed by atoms with van der Waals surface area (Å²) in [5, 5.41) is 10.0. The van der Waals surface area contributed by atoms with Gasteiger partial charge in [0, 0.05) is 23.7 Å². The third kappa shape index (κ3) is 3.09. The van der Waals surface area contributed by atoms with E-state index in [4.69, 9.17) is 21.1 Å². The van der Waals surface area contributed by atoms with Crippen LogP contribution in [0.3, 0.4) is 0 Å². The molecule has 1 unspecified atom stereocenters. The van der Waals surface area contributed by atoms with Crippen LogP contribution in [-0.2, 0) is 15.1 Å². The van der Waals surface area contributed by atoms with Crippen molar-refractivity contribution >= 4 is 17.7 Å². The van der Waals surface area contributed by atoms with E-state index in [1.54, 1.807) is 11.0 Å². The van der Waals surface area contributed by atoms with Gasteiger partial charge in [0.1, 0.15) is 5.60 Å². The first kappa shape index (κ1) is 17.1. The minimum absolute atomic E-state index is 0.307. The van der Waals surface area contributed by atoms with Crippen LogP contribution in [-0.4, -0.2) is 29.7 Å². The van der Waals surface area contributed by atoms with Crippen LogP contribution in [0.2, 0.25) is 5.02 Å². The number of amides is 1. The fourth-order valence-corrected chi connectivity index (χ4v) is 3.54. The van der Waals surface area contributed by atoms with Gasteiger partial charge < -0.3 is 14.4 Å². The summed E-state index contributed by atoms with van der Waals surface area (Å²) >= 11 is 6.15. The number of fused-ring (bicyclic) bond motifs is 2. The van der Waals surface area contributed by atoms with Crippen molar-refractivity contribution in [2.24, 2.45) is 0 Å². The molecule has 3 rings (SSSR count). The molecule has 1 aromatic carbocycles. The maximum atomic E-state index is 12.2. The molecule has 1 saturated heterocycles. The van der Waals surface area contributed by atoms with Crippen molar-refractivity contribution in [3.8, 4) is 6.07 Å². The topological polar surface area (TPSA) is 62.6 Å². The van der Waals surface area contributed by atoms with Gasteiger partial charge in [-0.15, -0.1) is 0 Å². The fourth-order valence-electron chi connectivity index (χ4n) is 3.36. The third-order valence-electron chi connectivity index (χ3n) is 4.47. The Labute approximate surface area is 147 Å². The van der Waals surface area contributed by atoms with Crippen LogP contribution < -0.4 is 0 Å². The van der Waals surface area contributed by atoms with Gasteiger partial charge in [0.05, 0.1) is 11.7 Å². The SMILES string of the molecule is CC(C)(C)OC(=O)N1CCC2(CC1)OC(C#N)c1ccc(Cl)cc12. The molecule has 0 saturated carbocycles. The highest BCUT2D eigenvalue weighted by Gasteiger charge is 2.47. The number of likely N-dealkylation sites (tertiary alicyclic amines) is 1. The molecule has 1 amide bonds. The predicted octanol–water partition coefficient (Wildman–Crippen LogP) is 4.16. The Morgan fingerprint density at radius 2 is 2.08 bits per heavy atom. The molecule has 0 aliphatic carbocycles. The zero-order valence-electron chi connectivity index (χ0n) is 14.1. The molecule has 2 heterocycles. The van der Waals surface area contributed by atoms with Crippen LogP contribution in [0, 0.1) is 11.3 Å². The lowest BCUT2D eigenvalue weighted by molar-refractivity contribution is -0.0924. The van der Waals surface area contributed by atoms with E-state index in [0.717, 1.165) is 11.1 Å². The van der Waals surface area contributed by atoms with Gasteiger partial charge >= 0.3 is 6.09 Å². The van der Waals surface area contributed by atoms with Crippen LogP contribution >= 0.6 is 11.6 Å². The number of halogens is 1. The molecular weight excluding hydrogens is 328 g/mol. The number of hydrogen-bond donors (Lipinski definition) is 0. The average Bonchev–Trinajstić information content (AvgIpc) is 2.80. The summed E-state index contributed by atoms with van der Waals surface area (Å²) in [6.45, 7) is 6.61. The van der Waals surface area contributed by atoms with Crippen molar-refractivity contribution in [2.45, 2.75) is 50.9 Å². The van der Waals surface area contributed by atoms with E-state index in [1.165, 1.54) is 0 Å². The van der Waals surface area contributed by atoms with E-state index in [2.05, 4.69) is 6.07 Å². The van der Waals surface area contributed by atoms with E-state index in [-0.39, 0.29) is 6.09 Å². The van der Waals surface area contributed by atoms with E-state index < -0.39 is 17.3 Å². The second-order valence-electron chi connectivity index (χ2n) is 7.32. The lowest BCUT2D eigenvalue weighted by atomic mass is 9.83. The molecule has 2 aliphatic heterocycles. The smallest absolute Gasteiger partial charge is 0.410 e. The predicted molar refractivity (Wildman–Crippen MR) is 89.6 cm³/mol. The van der Waals surface area contributed by atoms with Crippen LogP contribution in [0.25, 0.3) is 0 Å². The van der Waals surface area contributed by atoms with E-state index in [0.29, 0.717) is 31.0 Å². The molecule has 6 heteroatoms. The first-order valence-corrected chi connectivity index (χ1v) is 8.47. The van der Waals surface area contributed by atoms with E-state index in [1.807, 2.05) is 32.9 Å². The number of rotatable bonds is 0. The minimum Gasteiger partial charge on any atom is -0.444 e. The number of piperidine rings is 1. The van der Waals surface area contributed by atoms with Crippen molar-refractivity contribution in [3.05, 3.63) is 34.3 Å². The molecule has 0 radical (unpaired) electrons. The molecule has 0 aromatic heterocycles. The van der Waals surface area contributed by atoms with Gasteiger partial charge in [-0.25, -0.2) is 4.79 Å². The Hall–Kier alpha value is -1.77. The van der Waals surface area contributed by atoms with Crippen LogP contribution in [0.1, 0.15) is 50.8 Å². The van der Waals surface area contributed by atoms with Crippen molar-refractivity contribution in [1.82, 2.24) is 4.90 Å². The number of nitriles is 1. The van der Waals surface area contributed by atoms with E-state index >= 15 is 0 Å². The highest BCUT2D eigenvalue weighted by molar-refractivity contribution is 6.30. The Morgan fingerprint density at radius 1 is 1.42 bits per heavy atom. The number of benzene rings is 1. The molecule has 128 valence electrons. The Kier molecular flexibility index (Phi) is 4.23. The fraction of sp³-hybridized carbons (Fsp3) is 0.556. The summed E-state index contributed by atoms with van der Waals surface area (Å²) in [6.07, 6.45) is 0.360. The van der Waals surface area contributed by atoms with Crippen LogP contribution in [0.5, 0.6) is 0 Å². The highest BCUT2D eigenvalue weighted by atomic mass is 35.5. The second-order valence-corrected chi connectivity index (χ2v) is 7.76. The van der Waals surface area contributed by atoms with Gasteiger partial charge in [0.2, 0.25) is 0 Å². The third-order valence-corrected chi connectivity index (χ3v) is 4.71. The molecule has 1 fully saturated rings. The Balaban J connectivity index is 1.78. The van der Waals surface area contributed by atoms with Crippen molar-refractivity contribution in [1.29, 1.82) is 5.26 Å².